The fraction of sp³-hybridized carbons (Fsp3) is 0.923. The number of ether oxygens (including phenoxy) is 1. The number of rotatable bonds is 8. The van der Waals surface area contributed by atoms with Crippen molar-refractivity contribution in [1.82, 2.24) is 4.90 Å². The maximum Gasteiger partial charge on any atom is 0.325 e. The van der Waals surface area contributed by atoms with Crippen LogP contribution in [0.5, 0.6) is 0 Å². The first kappa shape index (κ1) is 16.4. The first-order valence-corrected chi connectivity index (χ1v) is 6.42. The number of nitrogens with two attached hydrogens (primary N) is 1. The van der Waals surface area contributed by atoms with Gasteiger partial charge in [0.25, 0.3) is 0 Å². The number of hydrogen-bond donors (Lipinski definition) is 1. The van der Waals surface area contributed by atoms with E-state index in [2.05, 4.69) is 25.8 Å². The minimum absolute atomic E-state index is 0.279. The van der Waals surface area contributed by atoms with Gasteiger partial charge in [-0.05, 0) is 40.3 Å². The molecule has 0 saturated carbocycles. The highest BCUT2D eigenvalue weighted by Gasteiger charge is 2.32. The molecule has 0 aromatic rings. The van der Waals surface area contributed by atoms with Gasteiger partial charge < -0.3 is 15.4 Å². The average molecular weight is 244 g/mol. The Labute approximate surface area is 105 Å². The van der Waals surface area contributed by atoms with Gasteiger partial charge in [-0.3, -0.25) is 4.79 Å². The van der Waals surface area contributed by atoms with E-state index >= 15 is 0 Å². The Kier molecular flexibility index (Phi) is 7.39. The van der Waals surface area contributed by atoms with E-state index in [0.717, 1.165) is 6.54 Å². The van der Waals surface area contributed by atoms with Crippen molar-refractivity contribution in [2.45, 2.75) is 58.0 Å². The summed E-state index contributed by atoms with van der Waals surface area (Å²) in [6.45, 7) is 7.07. The Balaban J connectivity index is 4.14. The lowest BCUT2D eigenvalue weighted by Gasteiger charge is -2.31. The summed E-state index contributed by atoms with van der Waals surface area (Å²) in [6, 6.07) is 0.279. The number of nitrogens with zero attached hydrogens (tertiary/aromatic N) is 1. The van der Waals surface area contributed by atoms with Gasteiger partial charge in [0.05, 0.1) is 7.11 Å². The topological polar surface area (TPSA) is 55.6 Å². The van der Waals surface area contributed by atoms with E-state index in [-0.39, 0.29) is 12.0 Å². The average Bonchev–Trinajstić information content (AvgIpc) is 2.27. The monoisotopic (exact) mass is 244 g/mol. The highest BCUT2D eigenvalue weighted by molar-refractivity contribution is 5.79. The highest BCUT2D eigenvalue weighted by atomic mass is 16.5. The minimum Gasteiger partial charge on any atom is -0.468 e. The molecule has 0 aromatic heterocycles. The van der Waals surface area contributed by atoms with Crippen LogP contribution in [-0.2, 0) is 9.53 Å². The third-order valence-corrected chi connectivity index (χ3v) is 3.24. The third kappa shape index (κ3) is 6.03. The van der Waals surface area contributed by atoms with Gasteiger partial charge in [-0.2, -0.15) is 0 Å². The molecule has 2 unspecified atom stereocenters. The molecule has 0 spiro atoms. The molecule has 0 fully saturated rings. The molecule has 0 aliphatic heterocycles. The van der Waals surface area contributed by atoms with Crippen molar-refractivity contribution in [1.29, 1.82) is 0 Å². The molecule has 0 bridgehead atoms. The number of carbonyl (C=O) groups excluding carboxylic acids is 1. The fourth-order valence-corrected chi connectivity index (χ4v) is 1.92. The summed E-state index contributed by atoms with van der Waals surface area (Å²) < 4.78 is 4.71. The molecule has 0 amide bonds. The zero-order chi connectivity index (χ0) is 13.5. The fourth-order valence-electron chi connectivity index (χ4n) is 1.92. The van der Waals surface area contributed by atoms with Gasteiger partial charge in [0.15, 0.2) is 0 Å². The SMILES string of the molecule is CCCCCN(C)C(C)CC(C)(N)C(=O)OC. The molecule has 0 rings (SSSR count). The van der Waals surface area contributed by atoms with Crippen LogP contribution in [0.1, 0.15) is 46.5 Å². The molecule has 0 aliphatic carbocycles. The lowest BCUT2D eigenvalue weighted by molar-refractivity contribution is -0.147. The minimum atomic E-state index is -0.896. The second-order valence-electron chi connectivity index (χ2n) is 5.15. The number of hydrogen-bond acceptors (Lipinski definition) is 4. The lowest BCUT2D eigenvalue weighted by atomic mass is 9.94. The quantitative estimate of drug-likeness (QED) is 0.522. The Morgan fingerprint density at radius 3 is 2.53 bits per heavy atom. The summed E-state index contributed by atoms with van der Waals surface area (Å²) in [5, 5.41) is 0. The van der Waals surface area contributed by atoms with E-state index in [4.69, 9.17) is 10.5 Å². The highest BCUT2D eigenvalue weighted by Crippen LogP contribution is 2.15. The van der Waals surface area contributed by atoms with Crippen molar-refractivity contribution in [3.05, 3.63) is 0 Å². The van der Waals surface area contributed by atoms with E-state index < -0.39 is 5.54 Å². The van der Waals surface area contributed by atoms with Crippen LogP contribution in [0.4, 0.5) is 0 Å². The van der Waals surface area contributed by atoms with Crippen molar-refractivity contribution in [2.75, 3.05) is 20.7 Å². The Bertz CT molecular complexity index is 229. The van der Waals surface area contributed by atoms with Gasteiger partial charge in [-0.1, -0.05) is 19.8 Å². The van der Waals surface area contributed by atoms with Crippen LogP contribution in [0.3, 0.4) is 0 Å². The molecule has 2 N–H and O–H groups in total. The predicted molar refractivity (Wildman–Crippen MR) is 70.8 cm³/mol. The number of methoxy groups -OCH3 is 1. The molecular formula is C13H28N2O2. The van der Waals surface area contributed by atoms with Gasteiger partial charge in [-0.15, -0.1) is 0 Å². The molecule has 4 heteroatoms. The van der Waals surface area contributed by atoms with Crippen LogP contribution in [0, 0.1) is 0 Å². The van der Waals surface area contributed by atoms with Crippen molar-refractivity contribution in [2.24, 2.45) is 5.73 Å². The van der Waals surface area contributed by atoms with Gasteiger partial charge in [0.2, 0.25) is 0 Å². The first-order valence-electron chi connectivity index (χ1n) is 6.42. The van der Waals surface area contributed by atoms with Gasteiger partial charge in [0, 0.05) is 6.04 Å². The second-order valence-corrected chi connectivity index (χ2v) is 5.15. The normalized spacial score (nSPS) is 16.6. The van der Waals surface area contributed by atoms with Crippen molar-refractivity contribution in [3.8, 4) is 0 Å². The molecule has 0 saturated heterocycles. The van der Waals surface area contributed by atoms with Gasteiger partial charge in [-0.25, -0.2) is 0 Å². The first-order chi connectivity index (χ1) is 7.85. The van der Waals surface area contributed by atoms with E-state index in [1.165, 1.54) is 26.4 Å². The molecule has 2 atom stereocenters. The van der Waals surface area contributed by atoms with E-state index in [0.29, 0.717) is 6.42 Å². The van der Waals surface area contributed by atoms with Crippen molar-refractivity contribution in [3.63, 3.8) is 0 Å². The molecule has 4 nitrogen and oxygen atoms in total. The summed E-state index contributed by atoms with van der Waals surface area (Å²) in [7, 11) is 3.46. The van der Waals surface area contributed by atoms with Crippen LogP contribution >= 0.6 is 0 Å². The predicted octanol–water partition coefficient (Wildman–Crippen LogP) is 1.78. The largest absolute Gasteiger partial charge is 0.468 e. The summed E-state index contributed by atoms with van der Waals surface area (Å²) in [6.07, 6.45) is 4.27. The Hall–Kier alpha value is -0.610. The standard InChI is InChI=1S/C13H28N2O2/c1-6-7-8-9-15(4)11(2)10-13(3,14)12(16)17-5/h11H,6-10,14H2,1-5H3. The van der Waals surface area contributed by atoms with Crippen LogP contribution in [-0.4, -0.2) is 43.2 Å². The molecule has 0 aromatic carbocycles. The van der Waals surface area contributed by atoms with Crippen molar-refractivity contribution < 1.29 is 9.53 Å². The van der Waals surface area contributed by atoms with Crippen molar-refractivity contribution >= 4 is 5.97 Å². The summed E-state index contributed by atoms with van der Waals surface area (Å²) in [5.74, 6) is -0.341. The van der Waals surface area contributed by atoms with Gasteiger partial charge >= 0.3 is 5.97 Å². The van der Waals surface area contributed by atoms with E-state index in [1.54, 1.807) is 6.92 Å². The third-order valence-electron chi connectivity index (χ3n) is 3.24. The van der Waals surface area contributed by atoms with Crippen LogP contribution in [0.25, 0.3) is 0 Å². The van der Waals surface area contributed by atoms with Crippen LogP contribution in [0.15, 0.2) is 0 Å². The Morgan fingerprint density at radius 2 is 2.06 bits per heavy atom. The zero-order valence-electron chi connectivity index (χ0n) is 12.0. The second kappa shape index (κ2) is 7.67. The Morgan fingerprint density at radius 1 is 1.47 bits per heavy atom. The number of carbonyl (C=O) groups is 1. The lowest BCUT2D eigenvalue weighted by Crippen LogP contribution is -2.50. The molecule has 0 radical (unpaired) electrons. The maximum atomic E-state index is 11.5. The molecule has 17 heavy (non-hydrogen) atoms. The van der Waals surface area contributed by atoms with E-state index in [1.807, 2.05) is 0 Å². The molecule has 0 heterocycles. The van der Waals surface area contributed by atoms with Crippen LogP contribution in [0.2, 0.25) is 0 Å². The maximum absolute atomic E-state index is 11.5. The molecule has 102 valence electrons. The van der Waals surface area contributed by atoms with Gasteiger partial charge in [0.1, 0.15) is 5.54 Å². The van der Waals surface area contributed by atoms with Crippen LogP contribution < -0.4 is 5.73 Å². The molecular weight excluding hydrogens is 216 g/mol. The summed E-state index contributed by atoms with van der Waals surface area (Å²) >= 11 is 0. The summed E-state index contributed by atoms with van der Waals surface area (Å²) in [5.41, 5.74) is 5.07. The number of esters is 1. The zero-order valence-corrected chi connectivity index (χ0v) is 12.0. The molecule has 0 aliphatic rings. The summed E-state index contributed by atoms with van der Waals surface area (Å²) in [4.78, 5) is 13.7. The smallest absolute Gasteiger partial charge is 0.325 e. The van der Waals surface area contributed by atoms with E-state index in [9.17, 15) is 4.79 Å². The number of unbranched alkanes of at least 4 members (excludes halogenated alkanes) is 2.